The zero-order chi connectivity index (χ0) is 33.1. The number of alkyl carbamates (subject to hydrolysis) is 1. The Morgan fingerprint density at radius 1 is 0.872 bits per heavy atom. The number of carbonyl (C=O) groups is 2. The number of aryl methyl sites for hydroxylation is 1. The number of benzene rings is 4. The molecule has 0 saturated carbocycles. The fourth-order valence-electron chi connectivity index (χ4n) is 5.65. The molecule has 3 atom stereocenters. The van der Waals surface area contributed by atoms with Crippen LogP contribution in [-0.2, 0) is 30.7 Å². The first-order valence-corrected chi connectivity index (χ1v) is 17.0. The molecule has 5 rings (SSSR count). The van der Waals surface area contributed by atoms with Crippen molar-refractivity contribution in [3.8, 4) is 0 Å². The number of nitrogens with one attached hydrogen (secondary N) is 4. The van der Waals surface area contributed by atoms with E-state index in [1.807, 2.05) is 84.9 Å². The number of sulfonamides is 1. The SMILES string of the molecule is COC(=O)N[C@H](C(=O)Nc1ccccc1CC[C@@H]1CN[C@H](CNS(=O)(=O)c2ccccc2)CO1)C(c1ccccc1)c1ccccc1. The van der Waals surface area contributed by atoms with Gasteiger partial charge in [-0.15, -0.1) is 0 Å². The van der Waals surface area contributed by atoms with Gasteiger partial charge in [-0.2, -0.15) is 0 Å². The molecule has 246 valence electrons. The Hall–Kier alpha value is -4.55. The summed E-state index contributed by atoms with van der Waals surface area (Å²) in [5, 5.41) is 9.23. The molecule has 10 nitrogen and oxygen atoms in total. The van der Waals surface area contributed by atoms with Crippen molar-refractivity contribution in [1.29, 1.82) is 0 Å². The molecule has 1 heterocycles. The van der Waals surface area contributed by atoms with Crippen LogP contribution in [0.4, 0.5) is 10.5 Å². The van der Waals surface area contributed by atoms with Crippen LogP contribution in [0.3, 0.4) is 0 Å². The number of rotatable bonds is 13. The third-order valence-electron chi connectivity index (χ3n) is 8.14. The van der Waals surface area contributed by atoms with E-state index in [2.05, 4.69) is 20.7 Å². The summed E-state index contributed by atoms with van der Waals surface area (Å²) in [6.07, 6.45) is 0.519. The molecule has 0 aliphatic carbocycles. The van der Waals surface area contributed by atoms with E-state index in [9.17, 15) is 18.0 Å². The van der Waals surface area contributed by atoms with Crippen LogP contribution in [0.25, 0.3) is 0 Å². The minimum Gasteiger partial charge on any atom is -0.453 e. The van der Waals surface area contributed by atoms with Gasteiger partial charge in [0.1, 0.15) is 6.04 Å². The highest BCUT2D eigenvalue weighted by atomic mass is 32.2. The molecule has 0 unspecified atom stereocenters. The van der Waals surface area contributed by atoms with Crippen LogP contribution in [0, 0.1) is 0 Å². The van der Waals surface area contributed by atoms with E-state index in [0.717, 1.165) is 16.7 Å². The monoisotopic (exact) mass is 656 g/mol. The first kappa shape index (κ1) is 33.8. The Kier molecular flexibility index (Phi) is 11.7. The van der Waals surface area contributed by atoms with Crippen LogP contribution in [0.2, 0.25) is 0 Å². The zero-order valence-electron chi connectivity index (χ0n) is 26.2. The van der Waals surface area contributed by atoms with Gasteiger partial charge >= 0.3 is 6.09 Å². The highest BCUT2D eigenvalue weighted by Crippen LogP contribution is 2.30. The number of hydrogen-bond donors (Lipinski definition) is 4. The second-order valence-electron chi connectivity index (χ2n) is 11.3. The average Bonchev–Trinajstić information content (AvgIpc) is 3.11. The Morgan fingerprint density at radius 3 is 2.06 bits per heavy atom. The largest absolute Gasteiger partial charge is 0.453 e. The Labute approximate surface area is 275 Å². The molecule has 4 aromatic carbocycles. The lowest BCUT2D eigenvalue weighted by molar-refractivity contribution is -0.118. The molecular weight excluding hydrogens is 616 g/mol. The van der Waals surface area contributed by atoms with E-state index in [-0.39, 0.29) is 29.5 Å². The first-order chi connectivity index (χ1) is 22.8. The number of ether oxygens (including phenoxy) is 2. The number of hydrogen-bond acceptors (Lipinski definition) is 7. The number of anilines is 1. The molecule has 0 spiro atoms. The molecule has 11 heteroatoms. The molecule has 0 radical (unpaired) electrons. The summed E-state index contributed by atoms with van der Waals surface area (Å²) >= 11 is 0. The standard InChI is InChI=1S/C36H40N4O6S/c1-45-36(42)40-34(33(27-14-5-2-6-15-27)28-16-7-3-8-17-28)35(41)39-32-20-12-11-13-26(32)21-22-30-24-37-29(25-46-30)23-38-47(43,44)31-18-9-4-10-19-31/h2-20,29-30,33-34,37-38H,21-25H2,1H3,(H,39,41)(H,40,42)/t29-,30-,34+/m1/s1. The van der Waals surface area contributed by atoms with E-state index in [1.165, 1.54) is 7.11 Å². The number of amides is 2. The Bertz CT molecular complexity index is 1660. The normalized spacial score (nSPS) is 17.1. The van der Waals surface area contributed by atoms with Crippen molar-refractivity contribution in [3.05, 3.63) is 132 Å². The zero-order valence-corrected chi connectivity index (χ0v) is 27.0. The minimum absolute atomic E-state index is 0.0879. The molecule has 2 amide bonds. The van der Waals surface area contributed by atoms with Crippen molar-refractivity contribution in [2.75, 3.05) is 32.1 Å². The van der Waals surface area contributed by atoms with E-state index < -0.39 is 28.1 Å². The maximum Gasteiger partial charge on any atom is 0.407 e. The second kappa shape index (κ2) is 16.3. The topological polar surface area (TPSA) is 135 Å². The number of carbonyl (C=O) groups excluding carboxylic acids is 2. The Balaban J connectivity index is 1.22. The predicted molar refractivity (Wildman–Crippen MR) is 181 cm³/mol. The second-order valence-corrected chi connectivity index (χ2v) is 13.1. The molecule has 1 aliphatic heterocycles. The fraction of sp³-hybridized carbons (Fsp3) is 0.278. The highest BCUT2D eigenvalue weighted by Gasteiger charge is 2.33. The summed E-state index contributed by atoms with van der Waals surface area (Å²) in [7, 11) is -2.33. The van der Waals surface area contributed by atoms with E-state index >= 15 is 0 Å². The first-order valence-electron chi connectivity index (χ1n) is 15.6. The third-order valence-corrected chi connectivity index (χ3v) is 9.58. The number of morpholine rings is 1. The fourth-order valence-corrected chi connectivity index (χ4v) is 6.75. The quantitative estimate of drug-likeness (QED) is 0.167. The van der Waals surface area contributed by atoms with Gasteiger partial charge in [0.25, 0.3) is 0 Å². The van der Waals surface area contributed by atoms with E-state index in [4.69, 9.17) is 9.47 Å². The van der Waals surface area contributed by atoms with Gasteiger partial charge in [-0.3, -0.25) is 4.79 Å². The lowest BCUT2D eigenvalue weighted by Crippen LogP contribution is -2.51. The van der Waals surface area contributed by atoms with Crippen LogP contribution < -0.4 is 20.7 Å². The summed E-state index contributed by atoms with van der Waals surface area (Å²) in [5.74, 6) is -0.854. The average molecular weight is 657 g/mol. The molecule has 0 bridgehead atoms. The summed E-state index contributed by atoms with van der Waals surface area (Å²) in [6.45, 7) is 1.14. The molecule has 1 saturated heterocycles. The van der Waals surface area contributed by atoms with Gasteiger partial charge in [-0.05, 0) is 47.7 Å². The van der Waals surface area contributed by atoms with Gasteiger partial charge in [0.15, 0.2) is 0 Å². The molecule has 4 aromatic rings. The van der Waals surface area contributed by atoms with Crippen LogP contribution in [-0.4, -0.2) is 65.4 Å². The summed E-state index contributed by atoms with van der Waals surface area (Å²) in [4.78, 5) is 26.7. The summed E-state index contributed by atoms with van der Waals surface area (Å²) < 4.78 is 38.8. The summed E-state index contributed by atoms with van der Waals surface area (Å²) in [5.41, 5.74) is 3.31. The third kappa shape index (κ3) is 9.26. The molecule has 1 aliphatic rings. The van der Waals surface area contributed by atoms with Crippen LogP contribution in [0.1, 0.15) is 29.0 Å². The van der Waals surface area contributed by atoms with Crippen molar-refractivity contribution in [2.24, 2.45) is 0 Å². The maximum absolute atomic E-state index is 14.0. The van der Waals surface area contributed by atoms with Crippen molar-refractivity contribution in [3.63, 3.8) is 0 Å². The number of methoxy groups -OCH3 is 1. The van der Waals surface area contributed by atoms with Crippen molar-refractivity contribution in [2.45, 2.75) is 41.8 Å². The van der Waals surface area contributed by atoms with Gasteiger partial charge in [0.05, 0.1) is 24.7 Å². The molecule has 4 N–H and O–H groups in total. The van der Waals surface area contributed by atoms with Crippen molar-refractivity contribution >= 4 is 27.7 Å². The van der Waals surface area contributed by atoms with Crippen molar-refractivity contribution in [1.82, 2.24) is 15.4 Å². The molecule has 1 fully saturated rings. The molecule has 47 heavy (non-hydrogen) atoms. The van der Waals surface area contributed by atoms with Gasteiger partial charge in [0, 0.05) is 30.7 Å². The minimum atomic E-state index is -3.60. The molecule has 0 aromatic heterocycles. The lowest BCUT2D eigenvalue weighted by Gasteiger charge is -2.31. The van der Waals surface area contributed by atoms with Crippen LogP contribution in [0.5, 0.6) is 0 Å². The predicted octanol–water partition coefficient (Wildman–Crippen LogP) is 4.45. The van der Waals surface area contributed by atoms with E-state index in [0.29, 0.717) is 31.7 Å². The Morgan fingerprint density at radius 2 is 1.47 bits per heavy atom. The van der Waals surface area contributed by atoms with Gasteiger partial charge < -0.3 is 25.4 Å². The van der Waals surface area contributed by atoms with Crippen LogP contribution >= 0.6 is 0 Å². The van der Waals surface area contributed by atoms with Gasteiger partial charge in [-0.25, -0.2) is 17.9 Å². The number of para-hydroxylation sites is 1. The lowest BCUT2D eigenvalue weighted by atomic mass is 9.84. The van der Waals surface area contributed by atoms with Crippen LogP contribution in [0.15, 0.2) is 120 Å². The highest BCUT2D eigenvalue weighted by molar-refractivity contribution is 7.89. The smallest absolute Gasteiger partial charge is 0.407 e. The van der Waals surface area contributed by atoms with E-state index in [1.54, 1.807) is 30.3 Å². The van der Waals surface area contributed by atoms with Gasteiger partial charge in [0.2, 0.25) is 15.9 Å². The van der Waals surface area contributed by atoms with Crippen molar-refractivity contribution < 1.29 is 27.5 Å². The maximum atomic E-state index is 14.0. The van der Waals surface area contributed by atoms with Gasteiger partial charge in [-0.1, -0.05) is 97.1 Å². The molecular formula is C36H40N4O6S. The summed E-state index contributed by atoms with van der Waals surface area (Å²) in [6, 6.07) is 33.9.